The summed E-state index contributed by atoms with van der Waals surface area (Å²) in [5.41, 5.74) is 1.37. The van der Waals surface area contributed by atoms with Crippen molar-refractivity contribution in [2.75, 3.05) is 6.61 Å². The second kappa shape index (κ2) is 9.09. The zero-order chi connectivity index (χ0) is 12.3. The van der Waals surface area contributed by atoms with Crippen molar-refractivity contribution in [3.8, 4) is 5.75 Å². The first-order chi connectivity index (χ1) is 8.38. The number of rotatable bonds is 9. The van der Waals surface area contributed by atoms with Crippen LogP contribution in [0.4, 0.5) is 0 Å². The van der Waals surface area contributed by atoms with Gasteiger partial charge in [-0.2, -0.15) is 0 Å². The SMILES string of the molecule is CCCCCCCCc1ccccc1OCC. The molecule has 0 aromatic heterocycles. The second-order valence-corrected chi connectivity index (χ2v) is 4.56. The smallest absolute Gasteiger partial charge is 0.122 e. The summed E-state index contributed by atoms with van der Waals surface area (Å²) >= 11 is 0. The maximum Gasteiger partial charge on any atom is 0.122 e. The summed E-state index contributed by atoms with van der Waals surface area (Å²) in [6.45, 7) is 5.06. The monoisotopic (exact) mass is 234 g/mol. The van der Waals surface area contributed by atoms with E-state index in [2.05, 4.69) is 31.2 Å². The molecule has 0 unspecified atom stereocenters. The zero-order valence-electron chi connectivity index (χ0n) is 11.4. The van der Waals surface area contributed by atoms with Crippen LogP contribution in [-0.4, -0.2) is 6.61 Å². The van der Waals surface area contributed by atoms with Crippen LogP contribution in [0.1, 0.15) is 57.9 Å². The van der Waals surface area contributed by atoms with Crippen LogP contribution in [0.5, 0.6) is 5.75 Å². The van der Waals surface area contributed by atoms with Crippen LogP contribution in [0.25, 0.3) is 0 Å². The third-order valence-corrected chi connectivity index (χ3v) is 3.07. The standard InChI is InChI=1S/C16H26O/c1-3-5-6-7-8-9-12-15-13-10-11-14-16(15)17-4-2/h10-11,13-14H,3-9,12H2,1-2H3. The van der Waals surface area contributed by atoms with E-state index in [9.17, 15) is 0 Å². The fraction of sp³-hybridized carbons (Fsp3) is 0.625. The first-order valence-electron chi connectivity index (χ1n) is 7.09. The molecule has 0 radical (unpaired) electrons. The van der Waals surface area contributed by atoms with Crippen molar-refractivity contribution in [3.05, 3.63) is 29.8 Å². The Morgan fingerprint density at radius 2 is 1.59 bits per heavy atom. The topological polar surface area (TPSA) is 9.23 Å². The highest BCUT2D eigenvalue weighted by atomic mass is 16.5. The maximum absolute atomic E-state index is 5.63. The van der Waals surface area contributed by atoms with Crippen LogP contribution in [0.15, 0.2) is 24.3 Å². The van der Waals surface area contributed by atoms with E-state index in [0.717, 1.165) is 18.8 Å². The zero-order valence-corrected chi connectivity index (χ0v) is 11.4. The van der Waals surface area contributed by atoms with E-state index in [1.165, 1.54) is 44.1 Å². The molecule has 0 N–H and O–H groups in total. The average Bonchev–Trinajstić information content (AvgIpc) is 2.36. The van der Waals surface area contributed by atoms with E-state index in [0.29, 0.717) is 0 Å². The number of hydrogen-bond acceptors (Lipinski definition) is 1. The van der Waals surface area contributed by atoms with Crippen molar-refractivity contribution in [2.24, 2.45) is 0 Å². The Morgan fingerprint density at radius 3 is 2.35 bits per heavy atom. The van der Waals surface area contributed by atoms with E-state index in [-0.39, 0.29) is 0 Å². The Bertz CT molecular complexity index is 293. The number of para-hydroxylation sites is 1. The molecule has 0 aliphatic carbocycles. The number of unbranched alkanes of at least 4 members (excludes halogenated alkanes) is 5. The molecule has 0 aliphatic heterocycles. The fourth-order valence-electron chi connectivity index (χ4n) is 2.10. The van der Waals surface area contributed by atoms with Gasteiger partial charge < -0.3 is 4.74 Å². The van der Waals surface area contributed by atoms with E-state index >= 15 is 0 Å². The number of aryl methyl sites for hydroxylation is 1. The minimum Gasteiger partial charge on any atom is -0.494 e. The van der Waals surface area contributed by atoms with E-state index in [4.69, 9.17) is 4.74 Å². The van der Waals surface area contributed by atoms with E-state index in [1.54, 1.807) is 0 Å². The number of ether oxygens (including phenoxy) is 1. The number of benzene rings is 1. The molecule has 96 valence electrons. The summed E-state index contributed by atoms with van der Waals surface area (Å²) in [6, 6.07) is 8.43. The minimum absolute atomic E-state index is 0.757. The lowest BCUT2D eigenvalue weighted by atomic mass is 10.0. The van der Waals surface area contributed by atoms with Gasteiger partial charge in [-0.15, -0.1) is 0 Å². The molecule has 0 saturated carbocycles. The van der Waals surface area contributed by atoms with Gasteiger partial charge in [0.25, 0.3) is 0 Å². The largest absolute Gasteiger partial charge is 0.494 e. The second-order valence-electron chi connectivity index (χ2n) is 4.56. The first kappa shape index (κ1) is 14.1. The van der Waals surface area contributed by atoms with Crippen LogP contribution >= 0.6 is 0 Å². The van der Waals surface area contributed by atoms with Crippen LogP contribution in [0.2, 0.25) is 0 Å². The van der Waals surface area contributed by atoms with Gasteiger partial charge in [0.1, 0.15) is 5.75 Å². The molecule has 0 fully saturated rings. The van der Waals surface area contributed by atoms with Gasteiger partial charge in [-0.1, -0.05) is 57.2 Å². The van der Waals surface area contributed by atoms with Gasteiger partial charge in [0.15, 0.2) is 0 Å². The summed E-state index contributed by atoms with van der Waals surface area (Å²) in [7, 11) is 0. The highest BCUT2D eigenvalue weighted by molar-refractivity contribution is 5.33. The van der Waals surface area contributed by atoms with Crippen molar-refractivity contribution < 1.29 is 4.74 Å². The highest BCUT2D eigenvalue weighted by Crippen LogP contribution is 2.20. The quantitative estimate of drug-likeness (QED) is 0.547. The van der Waals surface area contributed by atoms with Gasteiger partial charge >= 0.3 is 0 Å². The molecule has 0 saturated heterocycles. The molecule has 0 amide bonds. The molecule has 1 aromatic carbocycles. The molecule has 1 rings (SSSR count). The van der Waals surface area contributed by atoms with Crippen LogP contribution in [-0.2, 0) is 6.42 Å². The average molecular weight is 234 g/mol. The van der Waals surface area contributed by atoms with Crippen molar-refractivity contribution >= 4 is 0 Å². The molecule has 1 nitrogen and oxygen atoms in total. The molecule has 0 bridgehead atoms. The summed E-state index contributed by atoms with van der Waals surface area (Å²) in [6.07, 6.45) is 9.27. The van der Waals surface area contributed by atoms with E-state index in [1.807, 2.05) is 6.92 Å². The first-order valence-corrected chi connectivity index (χ1v) is 7.09. The van der Waals surface area contributed by atoms with Crippen molar-refractivity contribution in [1.29, 1.82) is 0 Å². The molecule has 0 aliphatic rings. The summed E-state index contributed by atoms with van der Waals surface area (Å²) < 4.78 is 5.63. The van der Waals surface area contributed by atoms with Gasteiger partial charge in [0.2, 0.25) is 0 Å². The molecule has 0 atom stereocenters. The summed E-state index contributed by atoms with van der Waals surface area (Å²) in [5, 5.41) is 0. The van der Waals surface area contributed by atoms with Gasteiger partial charge in [0, 0.05) is 0 Å². The summed E-state index contributed by atoms with van der Waals surface area (Å²) in [5.74, 6) is 1.07. The lowest BCUT2D eigenvalue weighted by Gasteiger charge is -2.09. The molecule has 0 heterocycles. The molecule has 1 heteroatoms. The van der Waals surface area contributed by atoms with Crippen LogP contribution < -0.4 is 4.74 Å². The van der Waals surface area contributed by atoms with Crippen molar-refractivity contribution in [2.45, 2.75) is 58.8 Å². The van der Waals surface area contributed by atoms with Gasteiger partial charge in [-0.05, 0) is 31.4 Å². The highest BCUT2D eigenvalue weighted by Gasteiger charge is 2.01. The Hall–Kier alpha value is -0.980. The molecular formula is C16H26O. The third kappa shape index (κ3) is 5.76. The Kier molecular flexibility index (Phi) is 7.53. The fourth-order valence-corrected chi connectivity index (χ4v) is 2.10. The lowest BCUT2D eigenvalue weighted by Crippen LogP contribution is -1.96. The normalized spacial score (nSPS) is 10.5. The van der Waals surface area contributed by atoms with Crippen LogP contribution in [0.3, 0.4) is 0 Å². The van der Waals surface area contributed by atoms with Crippen molar-refractivity contribution in [1.82, 2.24) is 0 Å². The molecule has 0 spiro atoms. The van der Waals surface area contributed by atoms with Gasteiger partial charge in [-0.3, -0.25) is 0 Å². The summed E-state index contributed by atoms with van der Waals surface area (Å²) in [4.78, 5) is 0. The van der Waals surface area contributed by atoms with Crippen LogP contribution in [0, 0.1) is 0 Å². The van der Waals surface area contributed by atoms with Gasteiger partial charge in [0.05, 0.1) is 6.61 Å². The maximum atomic E-state index is 5.63. The molecule has 17 heavy (non-hydrogen) atoms. The molecular weight excluding hydrogens is 208 g/mol. The third-order valence-electron chi connectivity index (χ3n) is 3.07. The van der Waals surface area contributed by atoms with Crippen molar-refractivity contribution in [3.63, 3.8) is 0 Å². The Balaban J connectivity index is 2.25. The Labute approximate surface area is 106 Å². The minimum atomic E-state index is 0.757. The van der Waals surface area contributed by atoms with E-state index < -0.39 is 0 Å². The predicted molar refractivity (Wildman–Crippen MR) is 74.7 cm³/mol. The number of hydrogen-bond donors (Lipinski definition) is 0. The Morgan fingerprint density at radius 1 is 0.882 bits per heavy atom. The predicted octanol–water partition coefficient (Wildman–Crippen LogP) is 4.99. The molecule has 1 aromatic rings. The lowest BCUT2D eigenvalue weighted by molar-refractivity contribution is 0.336. The van der Waals surface area contributed by atoms with Gasteiger partial charge in [-0.25, -0.2) is 0 Å².